The monoisotopic (exact) mass is 279 g/mol. The molecular weight excluding hydrogens is 274 g/mol. The first-order valence-electron chi connectivity index (χ1n) is 3.95. The van der Waals surface area contributed by atoms with E-state index in [-0.39, 0.29) is 9.22 Å². The predicted octanol–water partition coefficient (Wildman–Crippen LogP) is 2.32. The molecule has 0 unspecified atom stereocenters. The summed E-state index contributed by atoms with van der Waals surface area (Å²) in [5.74, 6) is 0. The summed E-state index contributed by atoms with van der Waals surface area (Å²) in [5.41, 5.74) is 0.731. The summed E-state index contributed by atoms with van der Waals surface area (Å²) in [4.78, 5) is 0.817. The van der Waals surface area contributed by atoms with Gasteiger partial charge < -0.3 is 0 Å². The maximum Gasteiger partial charge on any atom is 0.264 e. The number of thioether (sulfide) groups is 1. The van der Waals surface area contributed by atoms with Gasteiger partial charge in [0.1, 0.15) is 4.90 Å². The molecule has 0 radical (unpaired) electrons. The molecule has 7 heteroatoms. The Morgan fingerprint density at radius 3 is 2.80 bits per heavy atom. The fraction of sp³-hybridized carbons (Fsp3) is 0.125. The van der Waals surface area contributed by atoms with Crippen LogP contribution in [0.3, 0.4) is 0 Å². The molecule has 1 aliphatic heterocycles. The van der Waals surface area contributed by atoms with E-state index in [9.17, 15) is 8.42 Å². The highest BCUT2D eigenvalue weighted by Gasteiger charge is 2.27. The highest BCUT2D eigenvalue weighted by atomic mass is 35.5. The van der Waals surface area contributed by atoms with Crippen LogP contribution in [0.15, 0.2) is 21.9 Å². The summed E-state index contributed by atoms with van der Waals surface area (Å²) in [6, 6.07) is 3.18. The van der Waals surface area contributed by atoms with Crippen LogP contribution in [-0.2, 0) is 10.0 Å². The van der Waals surface area contributed by atoms with Crippen molar-refractivity contribution < 1.29 is 8.42 Å². The largest absolute Gasteiger partial charge is 0.264 e. The van der Waals surface area contributed by atoms with Crippen molar-refractivity contribution in [2.24, 2.45) is 0 Å². The first-order chi connectivity index (χ1) is 6.90. The smallest absolute Gasteiger partial charge is 0.264 e. The zero-order valence-corrected chi connectivity index (χ0v) is 10.8. The number of benzene rings is 1. The third-order valence-corrected chi connectivity index (χ3v) is 5.32. The summed E-state index contributed by atoms with van der Waals surface area (Å²) in [6.07, 6.45) is 0. The van der Waals surface area contributed by atoms with Gasteiger partial charge in [-0.15, -0.1) is 0 Å². The van der Waals surface area contributed by atoms with Crippen molar-refractivity contribution in [2.45, 2.75) is 16.7 Å². The van der Waals surface area contributed by atoms with Crippen LogP contribution in [0.2, 0.25) is 5.02 Å². The van der Waals surface area contributed by atoms with Gasteiger partial charge in [0.15, 0.2) is 4.32 Å². The van der Waals surface area contributed by atoms with Crippen LogP contribution in [-0.4, -0.2) is 12.7 Å². The van der Waals surface area contributed by atoms with E-state index in [0.717, 1.165) is 5.56 Å². The Morgan fingerprint density at radius 2 is 2.13 bits per heavy atom. The minimum absolute atomic E-state index is 0.224. The van der Waals surface area contributed by atoms with Crippen LogP contribution in [0.1, 0.15) is 5.56 Å². The molecule has 1 heterocycles. The van der Waals surface area contributed by atoms with Gasteiger partial charge in [-0.1, -0.05) is 35.6 Å². The number of aryl methyl sites for hydroxylation is 1. The number of thiocarbonyl (C=S) groups is 1. The van der Waals surface area contributed by atoms with Gasteiger partial charge in [-0.3, -0.25) is 4.72 Å². The van der Waals surface area contributed by atoms with Crippen molar-refractivity contribution in [2.75, 3.05) is 0 Å². The van der Waals surface area contributed by atoms with E-state index in [4.69, 9.17) is 23.8 Å². The molecule has 0 saturated heterocycles. The van der Waals surface area contributed by atoms with Gasteiger partial charge in [0.05, 0.1) is 0 Å². The average molecular weight is 280 g/mol. The molecule has 15 heavy (non-hydrogen) atoms. The van der Waals surface area contributed by atoms with Crippen molar-refractivity contribution in [1.29, 1.82) is 0 Å². The van der Waals surface area contributed by atoms with Gasteiger partial charge in [-0.05, 0) is 24.6 Å². The molecule has 0 amide bonds. The van der Waals surface area contributed by atoms with Crippen molar-refractivity contribution in [3.8, 4) is 0 Å². The van der Waals surface area contributed by atoms with Crippen molar-refractivity contribution in [3.63, 3.8) is 0 Å². The van der Waals surface area contributed by atoms with Crippen molar-refractivity contribution >= 4 is 49.9 Å². The highest BCUT2D eigenvalue weighted by molar-refractivity contribution is 8.24. The first-order valence-corrected chi connectivity index (χ1v) is 7.03. The van der Waals surface area contributed by atoms with Crippen LogP contribution in [0.25, 0.3) is 0 Å². The van der Waals surface area contributed by atoms with E-state index in [0.29, 0.717) is 9.92 Å². The lowest BCUT2D eigenvalue weighted by Crippen LogP contribution is -2.31. The van der Waals surface area contributed by atoms with Crippen LogP contribution in [0.4, 0.5) is 0 Å². The SMILES string of the molecule is Cc1cc2c(cc1Cl)SC(=S)NS2(=O)=O. The maximum absolute atomic E-state index is 11.7. The lowest BCUT2D eigenvalue weighted by Gasteiger charge is -2.18. The van der Waals surface area contributed by atoms with E-state index in [1.54, 1.807) is 19.1 Å². The van der Waals surface area contributed by atoms with Gasteiger partial charge in [-0.2, -0.15) is 0 Å². The Bertz CT molecular complexity index is 553. The Hall–Kier alpha value is -0.300. The number of sulfonamides is 1. The van der Waals surface area contributed by atoms with Gasteiger partial charge in [0.25, 0.3) is 10.0 Å². The molecule has 3 nitrogen and oxygen atoms in total. The minimum Gasteiger partial charge on any atom is -0.264 e. The van der Waals surface area contributed by atoms with Crippen LogP contribution >= 0.6 is 35.6 Å². The first kappa shape index (κ1) is 11.2. The highest BCUT2D eigenvalue weighted by Crippen LogP contribution is 2.35. The molecule has 0 aliphatic carbocycles. The zero-order valence-electron chi connectivity index (χ0n) is 7.57. The van der Waals surface area contributed by atoms with E-state index in [1.165, 1.54) is 11.8 Å². The van der Waals surface area contributed by atoms with E-state index >= 15 is 0 Å². The fourth-order valence-corrected chi connectivity index (χ4v) is 4.51. The standard InChI is InChI=1S/C8H6ClNO2S3/c1-4-2-7-6(3-5(4)9)14-8(13)10-15(7,11)12/h2-3H,1H3,(H,10,13). The second-order valence-corrected chi connectivity index (χ2v) is 6.82. The second kappa shape index (κ2) is 3.62. The molecule has 1 aromatic rings. The summed E-state index contributed by atoms with van der Waals surface area (Å²) in [5, 5.41) is 0.543. The summed E-state index contributed by atoms with van der Waals surface area (Å²) < 4.78 is 25.9. The van der Waals surface area contributed by atoms with E-state index < -0.39 is 10.0 Å². The topological polar surface area (TPSA) is 46.2 Å². The summed E-state index contributed by atoms with van der Waals surface area (Å²) >= 11 is 11.9. The fourth-order valence-electron chi connectivity index (χ4n) is 1.21. The number of nitrogens with one attached hydrogen (secondary N) is 1. The number of rotatable bonds is 0. The molecule has 0 bridgehead atoms. The number of hydrogen-bond acceptors (Lipinski definition) is 4. The van der Waals surface area contributed by atoms with E-state index in [2.05, 4.69) is 4.72 Å². The lowest BCUT2D eigenvalue weighted by atomic mass is 10.2. The minimum atomic E-state index is -3.50. The summed E-state index contributed by atoms with van der Waals surface area (Å²) in [6.45, 7) is 1.76. The normalized spacial score (nSPS) is 18.1. The van der Waals surface area contributed by atoms with Crippen LogP contribution in [0, 0.1) is 6.92 Å². The Kier molecular flexibility index (Phi) is 2.70. The molecule has 80 valence electrons. The van der Waals surface area contributed by atoms with Gasteiger partial charge in [0.2, 0.25) is 0 Å². The third-order valence-electron chi connectivity index (χ3n) is 1.93. The van der Waals surface area contributed by atoms with Crippen LogP contribution < -0.4 is 4.72 Å². The lowest BCUT2D eigenvalue weighted by molar-refractivity contribution is 0.590. The molecule has 1 aliphatic rings. The Labute approximate surface area is 102 Å². The molecule has 0 aromatic heterocycles. The van der Waals surface area contributed by atoms with E-state index in [1.807, 2.05) is 0 Å². The molecular formula is C8H6ClNO2S3. The second-order valence-electron chi connectivity index (χ2n) is 3.04. The zero-order chi connectivity index (χ0) is 11.2. The molecule has 1 aromatic carbocycles. The molecule has 2 rings (SSSR count). The Morgan fingerprint density at radius 1 is 1.47 bits per heavy atom. The van der Waals surface area contributed by atoms with Gasteiger partial charge in [0, 0.05) is 9.92 Å². The van der Waals surface area contributed by atoms with Gasteiger partial charge >= 0.3 is 0 Å². The van der Waals surface area contributed by atoms with Crippen molar-refractivity contribution in [3.05, 3.63) is 22.7 Å². The number of hydrogen-bond donors (Lipinski definition) is 1. The number of halogens is 1. The average Bonchev–Trinajstić information content (AvgIpc) is 2.07. The molecule has 0 spiro atoms. The number of fused-ring (bicyclic) bond motifs is 1. The molecule has 0 atom stereocenters. The Balaban J connectivity index is 2.74. The summed E-state index contributed by atoms with van der Waals surface area (Å²) in [7, 11) is -3.50. The van der Waals surface area contributed by atoms with Crippen LogP contribution in [0.5, 0.6) is 0 Å². The predicted molar refractivity (Wildman–Crippen MR) is 65.0 cm³/mol. The molecule has 1 N–H and O–H groups in total. The third kappa shape index (κ3) is 1.99. The van der Waals surface area contributed by atoms with Gasteiger partial charge in [-0.25, -0.2) is 8.42 Å². The molecule has 0 fully saturated rings. The quantitative estimate of drug-likeness (QED) is 0.741. The van der Waals surface area contributed by atoms with Crippen molar-refractivity contribution in [1.82, 2.24) is 4.72 Å². The maximum atomic E-state index is 11.7. The molecule has 0 saturated carbocycles.